The monoisotopic (exact) mass is 256 g/mol. The number of nitrogens with one attached hydrogen (secondary N) is 1. The van der Waals surface area contributed by atoms with Gasteiger partial charge in [-0.05, 0) is 31.8 Å². The van der Waals surface area contributed by atoms with Gasteiger partial charge in [-0.1, -0.05) is 23.7 Å². The van der Waals surface area contributed by atoms with Crippen LogP contribution in [0.4, 0.5) is 0 Å². The highest BCUT2D eigenvalue weighted by atomic mass is 35.5. The fourth-order valence-corrected chi connectivity index (χ4v) is 1.56. The Hall–Kier alpha value is -1.10. The molecule has 0 heterocycles. The Labute approximate surface area is 106 Å². The van der Waals surface area contributed by atoms with Crippen LogP contribution in [0.2, 0.25) is 5.02 Å². The largest absolute Gasteiger partial charge is 0.480 e. The quantitative estimate of drug-likeness (QED) is 0.812. The first-order valence-electron chi connectivity index (χ1n) is 5.37. The average Bonchev–Trinajstić information content (AvgIpc) is 2.25. The second-order valence-electron chi connectivity index (χ2n) is 4.08. The van der Waals surface area contributed by atoms with Gasteiger partial charge in [0, 0.05) is 18.1 Å². The number of benzene rings is 1. The van der Waals surface area contributed by atoms with Gasteiger partial charge in [-0.2, -0.15) is 0 Å². The number of carboxylic acid groups (broad SMARTS) is 1. The van der Waals surface area contributed by atoms with E-state index < -0.39 is 12.0 Å². The Kier molecular flexibility index (Phi) is 5.41. The molecule has 0 bridgehead atoms. The molecule has 17 heavy (non-hydrogen) atoms. The summed E-state index contributed by atoms with van der Waals surface area (Å²) in [6, 6.07) is 6.15. The van der Waals surface area contributed by atoms with Gasteiger partial charge in [0.05, 0.1) is 0 Å². The number of carboxylic acids is 1. The lowest BCUT2D eigenvalue weighted by atomic mass is 10.1. The summed E-state index contributed by atoms with van der Waals surface area (Å²) in [7, 11) is 3.89. The van der Waals surface area contributed by atoms with E-state index in [1.165, 1.54) is 0 Å². The van der Waals surface area contributed by atoms with Crippen LogP contribution in [-0.4, -0.2) is 43.2 Å². The summed E-state index contributed by atoms with van der Waals surface area (Å²) >= 11 is 5.77. The molecule has 94 valence electrons. The van der Waals surface area contributed by atoms with E-state index in [1.807, 2.05) is 19.0 Å². The van der Waals surface area contributed by atoms with Crippen LogP contribution in [0.25, 0.3) is 0 Å². The number of aliphatic carboxylic acids is 1. The fraction of sp³-hybridized carbons (Fsp3) is 0.417. The van der Waals surface area contributed by atoms with Crippen molar-refractivity contribution in [3.05, 3.63) is 34.9 Å². The normalized spacial score (nSPS) is 12.7. The van der Waals surface area contributed by atoms with E-state index in [2.05, 4.69) is 5.32 Å². The molecule has 0 radical (unpaired) electrons. The highest BCUT2D eigenvalue weighted by Gasteiger charge is 2.18. The lowest BCUT2D eigenvalue weighted by Crippen LogP contribution is -2.33. The molecule has 0 aliphatic rings. The molecule has 1 unspecified atom stereocenters. The summed E-state index contributed by atoms with van der Waals surface area (Å²) in [5, 5.41) is 12.8. The Balaban J connectivity index is 2.66. The molecule has 0 spiro atoms. The standard InChI is InChI=1S/C12H17ClN2O2/c1-15(2)8-7-14-11(12(16)17)9-3-5-10(13)6-4-9/h3-6,11,14H,7-8H2,1-2H3,(H,16,17). The van der Waals surface area contributed by atoms with Crippen LogP contribution in [0.1, 0.15) is 11.6 Å². The molecule has 0 saturated carbocycles. The molecule has 2 N–H and O–H groups in total. The van der Waals surface area contributed by atoms with Crippen molar-refractivity contribution in [2.45, 2.75) is 6.04 Å². The molecule has 5 heteroatoms. The van der Waals surface area contributed by atoms with Crippen LogP contribution in [0.3, 0.4) is 0 Å². The predicted octanol–water partition coefficient (Wildman–Crippen LogP) is 1.62. The summed E-state index contributed by atoms with van der Waals surface area (Å²) in [4.78, 5) is 13.1. The summed E-state index contributed by atoms with van der Waals surface area (Å²) in [5.74, 6) is -0.883. The van der Waals surface area contributed by atoms with E-state index in [-0.39, 0.29) is 0 Å². The maximum atomic E-state index is 11.2. The minimum atomic E-state index is -0.883. The van der Waals surface area contributed by atoms with Crippen molar-refractivity contribution in [3.8, 4) is 0 Å². The number of carbonyl (C=O) groups is 1. The molecule has 1 rings (SSSR count). The molecule has 0 aliphatic heterocycles. The summed E-state index contributed by atoms with van der Waals surface area (Å²) in [6.45, 7) is 1.41. The molecule has 0 saturated heterocycles. The summed E-state index contributed by atoms with van der Waals surface area (Å²) in [5.41, 5.74) is 0.709. The molecular formula is C12H17ClN2O2. The third-order valence-electron chi connectivity index (χ3n) is 2.36. The van der Waals surface area contributed by atoms with E-state index in [1.54, 1.807) is 24.3 Å². The number of rotatable bonds is 6. The minimum Gasteiger partial charge on any atom is -0.480 e. The molecule has 0 amide bonds. The van der Waals surface area contributed by atoms with Gasteiger partial charge in [0.1, 0.15) is 6.04 Å². The zero-order valence-electron chi connectivity index (χ0n) is 9.98. The van der Waals surface area contributed by atoms with E-state index in [9.17, 15) is 4.79 Å². The van der Waals surface area contributed by atoms with Crippen molar-refractivity contribution in [2.24, 2.45) is 0 Å². The van der Waals surface area contributed by atoms with Gasteiger partial charge >= 0.3 is 5.97 Å². The van der Waals surface area contributed by atoms with Crippen LogP contribution in [0.5, 0.6) is 0 Å². The smallest absolute Gasteiger partial charge is 0.325 e. The Morgan fingerprint density at radius 1 is 1.41 bits per heavy atom. The van der Waals surface area contributed by atoms with Gasteiger partial charge in [-0.15, -0.1) is 0 Å². The summed E-state index contributed by atoms with van der Waals surface area (Å²) < 4.78 is 0. The van der Waals surface area contributed by atoms with Gasteiger partial charge in [0.25, 0.3) is 0 Å². The molecule has 0 fully saturated rings. The molecular weight excluding hydrogens is 240 g/mol. The van der Waals surface area contributed by atoms with E-state index >= 15 is 0 Å². The molecule has 1 atom stereocenters. The topological polar surface area (TPSA) is 52.6 Å². The molecule has 0 aliphatic carbocycles. The van der Waals surface area contributed by atoms with Crippen LogP contribution >= 0.6 is 11.6 Å². The maximum absolute atomic E-state index is 11.2. The SMILES string of the molecule is CN(C)CCNC(C(=O)O)c1ccc(Cl)cc1. The zero-order valence-corrected chi connectivity index (χ0v) is 10.7. The number of hydrogen-bond acceptors (Lipinski definition) is 3. The van der Waals surface area contributed by atoms with E-state index in [0.29, 0.717) is 17.1 Å². The number of halogens is 1. The van der Waals surface area contributed by atoms with E-state index in [4.69, 9.17) is 16.7 Å². The van der Waals surface area contributed by atoms with Gasteiger partial charge < -0.3 is 10.0 Å². The average molecular weight is 257 g/mol. The fourth-order valence-electron chi connectivity index (χ4n) is 1.44. The third-order valence-corrected chi connectivity index (χ3v) is 2.61. The number of hydrogen-bond donors (Lipinski definition) is 2. The maximum Gasteiger partial charge on any atom is 0.325 e. The van der Waals surface area contributed by atoms with Crippen molar-refractivity contribution in [1.29, 1.82) is 0 Å². The first-order chi connectivity index (χ1) is 8.00. The van der Waals surface area contributed by atoms with Crippen LogP contribution in [0, 0.1) is 0 Å². The van der Waals surface area contributed by atoms with Crippen LogP contribution in [-0.2, 0) is 4.79 Å². The third kappa shape index (κ3) is 4.73. The Morgan fingerprint density at radius 3 is 2.47 bits per heavy atom. The van der Waals surface area contributed by atoms with E-state index in [0.717, 1.165) is 6.54 Å². The predicted molar refractivity (Wildman–Crippen MR) is 68.4 cm³/mol. The van der Waals surface area contributed by atoms with Crippen molar-refractivity contribution in [1.82, 2.24) is 10.2 Å². The minimum absolute atomic E-state index is 0.603. The van der Waals surface area contributed by atoms with Crippen molar-refractivity contribution < 1.29 is 9.90 Å². The van der Waals surface area contributed by atoms with Gasteiger partial charge in [0.15, 0.2) is 0 Å². The van der Waals surface area contributed by atoms with Gasteiger partial charge in [-0.25, -0.2) is 0 Å². The van der Waals surface area contributed by atoms with Crippen molar-refractivity contribution >= 4 is 17.6 Å². The first-order valence-corrected chi connectivity index (χ1v) is 5.75. The number of likely N-dealkylation sites (N-methyl/N-ethyl adjacent to an activating group) is 1. The van der Waals surface area contributed by atoms with Crippen LogP contribution < -0.4 is 5.32 Å². The number of nitrogens with zero attached hydrogens (tertiary/aromatic N) is 1. The second kappa shape index (κ2) is 6.59. The molecule has 0 aromatic heterocycles. The molecule has 1 aromatic rings. The van der Waals surface area contributed by atoms with Crippen LogP contribution in [0.15, 0.2) is 24.3 Å². The highest BCUT2D eigenvalue weighted by molar-refractivity contribution is 6.30. The lowest BCUT2D eigenvalue weighted by molar-refractivity contribution is -0.139. The summed E-state index contributed by atoms with van der Waals surface area (Å²) in [6.07, 6.45) is 0. The van der Waals surface area contributed by atoms with Gasteiger partial charge in [0.2, 0.25) is 0 Å². The second-order valence-corrected chi connectivity index (χ2v) is 4.52. The zero-order chi connectivity index (χ0) is 12.8. The Morgan fingerprint density at radius 2 is 2.00 bits per heavy atom. The Bertz CT molecular complexity index is 365. The molecule has 1 aromatic carbocycles. The van der Waals surface area contributed by atoms with Crippen molar-refractivity contribution in [3.63, 3.8) is 0 Å². The lowest BCUT2D eigenvalue weighted by Gasteiger charge is -2.16. The van der Waals surface area contributed by atoms with Crippen molar-refractivity contribution in [2.75, 3.05) is 27.2 Å². The highest BCUT2D eigenvalue weighted by Crippen LogP contribution is 2.16. The first kappa shape index (κ1) is 14.0. The molecule has 4 nitrogen and oxygen atoms in total. The van der Waals surface area contributed by atoms with Gasteiger partial charge in [-0.3, -0.25) is 10.1 Å².